The molecule has 19 heavy (non-hydrogen) atoms. The molecule has 1 fully saturated rings. The van der Waals surface area contributed by atoms with Gasteiger partial charge in [0, 0.05) is 6.42 Å². The number of aliphatic hydroxyl groups is 4. The van der Waals surface area contributed by atoms with Crippen molar-refractivity contribution in [3.63, 3.8) is 0 Å². The van der Waals surface area contributed by atoms with Crippen LogP contribution in [0.1, 0.15) is 26.2 Å². The molecule has 0 aliphatic carbocycles. The van der Waals surface area contributed by atoms with Crippen molar-refractivity contribution >= 4 is 5.91 Å². The number of piperidine rings is 1. The third-order valence-electron chi connectivity index (χ3n) is 3.47. The molecule has 112 valence electrons. The summed E-state index contributed by atoms with van der Waals surface area (Å²) >= 11 is 0. The van der Waals surface area contributed by atoms with Crippen LogP contribution in [0.15, 0.2) is 0 Å². The van der Waals surface area contributed by atoms with E-state index < -0.39 is 30.3 Å². The van der Waals surface area contributed by atoms with Gasteiger partial charge in [-0.2, -0.15) is 0 Å². The second kappa shape index (κ2) is 7.76. The van der Waals surface area contributed by atoms with E-state index in [1.54, 1.807) is 0 Å². The average molecular weight is 276 g/mol. The smallest absolute Gasteiger partial charge is 0.220 e. The van der Waals surface area contributed by atoms with Crippen LogP contribution in [-0.4, -0.2) is 69.9 Å². The maximum Gasteiger partial charge on any atom is 0.220 e. The molecule has 0 radical (unpaired) electrons. The molecular formula is C12H24N2O5. The SMILES string of the molecule is CCCCC(=O)N[C@@H]1[C@@H](O)[C@H](O)[C@@H](CO)N[C@H]1CO. The second-order valence-electron chi connectivity index (χ2n) is 4.92. The highest BCUT2D eigenvalue weighted by Crippen LogP contribution is 2.16. The maximum absolute atomic E-state index is 11.7. The quantitative estimate of drug-likeness (QED) is 0.325. The van der Waals surface area contributed by atoms with Crippen LogP contribution >= 0.6 is 0 Å². The van der Waals surface area contributed by atoms with E-state index >= 15 is 0 Å². The Morgan fingerprint density at radius 1 is 1.16 bits per heavy atom. The van der Waals surface area contributed by atoms with Gasteiger partial charge in [-0.05, 0) is 6.42 Å². The zero-order valence-corrected chi connectivity index (χ0v) is 11.1. The largest absolute Gasteiger partial charge is 0.395 e. The Labute approximate surface area is 112 Å². The van der Waals surface area contributed by atoms with Crippen LogP contribution in [0.25, 0.3) is 0 Å². The molecule has 0 spiro atoms. The molecule has 5 atom stereocenters. The molecule has 6 N–H and O–H groups in total. The minimum absolute atomic E-state index is 0.221. The first-order chi connectivity index (χ1) is 9.04. The van der Waals surface area contributed by atoms with Crippen molar-refractivity contribution in [1.29, 1.82) is 0 Å². The van der Waals surface area contributed by atoms with Crippen molar-refractivity contribution in [1.82, 2.24) is 10.6 Å². The Kier molecular flexibility index (Phi) is 6.67. The zero-order chi connectivity index (χ0) is 14.4. The van der Waals surface area contributed by atoms with Gasteiger partial charge in [-0.15, -0.1) is 0 Å². The number of hydrogen-bond acceptors (Lipinski definition) is 6. The molecule has 1 amide bonds. The van der Waals surface area contributed by atoms with Crippen LogP contribution in [-0.2, 0) is 4.79 Å². The van der Waals surface area contributed by atoms with Crippen molar-refractivity contribution in [2.75, 3.05) is 13.2 Å². The summed E-state index contributed by atoms with van der Waals surface area (Å²) in [6, 6.07) is -2.08. The highest BCUT2D eigenvalue weighted by atomic mass is 16.3. The first-order valence-electron chi connectivity index (χ1n) is 6.68. The van der Waals surface area contributed by atoms with Gasteiger partial charge in [-0.1, -0.05) is 13.3 Å². The molecule has 1 saturated heterocycles. The van der Waals surface area contributed by atoms with E-state index in [1.807, 2.05) is 6.92 Å². The van der Waals surface area contributed by atoms with E-state index in [0.29, 0.717) is 6.42 Å². The average Bonchev–Trinajstić information content (AvgIpc) is 2.42. The summed E-state index contributed by atoms with van der Waals surface area (Å²) in [4.78, 5) is 11.7. The lowest BCUT2D eigenvalue weighted by Gasteiger charge is -2.43. The van der Waals surface area contributed by atoms with Crippen molar-refractivity contribution in [3.05, 3.63) is 0 Å². The third kappa shape index (κ3) is 4.12. The number of carbonyl (C=O) groups is 1. The summed E-state index contributed by atoms with van der Waals surface area (Å²) < 4.78 is 0. The van der Waals surface area contributed by atoms with Gasteiger partial charge in [-0.25, -0.2) is 0 Å². The van der Waals surface area contributed by atoms with Gasteiger partial charge in [-0.3, -0.25) is 4.79 Å². The second-order valence-corrected chi connectivity index (χ2v) is 4.92. The van der Waals surface area contributed by atoms with Gasteiger partial charge in [0.15, 0.2) is 0 Å². The summed E-state index contributed by atoms with van der Waals surface area (Å²) in [5.41, 5.74) is 0. The fraction of sp³-hybridized carbons (Fsp3) is 0.917. The highest BCUT2D eigenvalue weighted by molar-refractivity contribution is 5.76. The Morgan fingerprint density at radius 3 is 2.32 bits per heavy atom. The van der Waals surface area contributed by atoms with Gasteiger partial charge < -0.3 is 31.1 Å². The monoisotopic (exact) mass is 276 g/mol. The zero-order valence-electron chi connectivity index (χ0n) is 11.1. The predicted octanol–water partition coefficient (Wildman–Crippen LogP) is -2.29. The topological polar surface area (TPSA) is 122 Å². The molecule has 1 rings (SSSR count). The maximum atomic E-state index is 11.7. The Bertz CT molecular complexity index is 287. The van der Waals surface area contributed by atoms with Crippen LogP contribution in [0, 0.1) is 0 Å². The van der Waals surface area contributed by atoms with E-state index in [2.05, 4.69) is 10.6 Å². The van der Waals surface area contributed by atoms with Gasteiger partial charge in [0.1, 0.15) is 6.10 Å². The Morgan fingerprint density at radius 2 is 1.79 bits per heavy atom. The van der Waals surface area contributed by atoms with Gasteiger partial charge in [0.2, 0.25) is 5.91 Å². The fourth-order valence-electron chi connectivity index (χ4n) is 2.27. The van der Waals surface area contributed by atoms with E-state index in [0.717, 1.165) is 12.8 Å². The molecular weight excluding hydrogens is 252 g/mol. The number of amides is 1. The molecule has 1 aliphatic rings. The van der Waals surface area contributed by atoms with Crippen molar-refractivity contribution < 1.29 is 25.2 Å². The lowest BCUT2D eigenvalue weighted by molar-refractivity contribution is -0.127. The van der Waals surface area contributed by atoms with E-state index in [4.69, 9.17) is 5.11 Å². The molecule has 1 heterocycles. The summed E-state index contributed by atoms with van der Waals surface area (Å²) in [7, 11) is 0. The van der Waals surface area contributed by atoms with E-state index in [9.17, 15) is 20.1 Å². The Hall–Kier alpha value is -0.730. The lowest BCUT2D eigenvalue weighted by atomic mass is 9.88. The first-order valence-corrected chi connectivity index (χ1v) is 6.68. The molecule has 0 aromatic heterocycles. The molecule has 0 bridgehead atoms. The fourth-order valence-corrected chi connectivity index (χ4v) is 2.27. The summed E-state index contributed by atoms with van der Waals surface area (Å²) in [5.74, 6) is -0.221. The molecule has 0 unspecified atom stereocenters. The van der Waals surface area contributed by atoms with Crippen LogP contribution in [0.3, 0.4) is 0 Å². The van der Waals surface area contributed by atoms with E-state index in [1.165, 1.54) is 0 Å². The van der Waals surface area contributed by atoms with Crippen LogP contribution in [0.2, 0.25) is 0 Å². The molecule has 7 heteroatoms. The Balaban J connectivity index is 2.65. The van der Waals surface area contributed by atoms with Gasteiger partial charge in [0.05, 0.1) is 37.4 Å². The minimum Gasteiger partial charge on any atom is -0.395 e. The first kappa shape index (κ1) is 16.3. The van der Waals surface area contributed by atoms with Gasteiger partial charge in [0.25, 0.3) is 0 Å². The third-order valence-corrected chi connectivity index (χ3v) is 3.47. The minimum atomic E-state index is -1.22. The highest BCUT2D eigenvalue weighted by Gasteiger charge is 2.43. The van der Waals surface area contributed by atoms with Crippen molar-refractivity contribution in [3.8, 4) is 0 Å². The number of carbonyl (C=O) groups excluding carboxylic acids is 1. The standard InChI is InChI=1S/C12H24N2O5/c1-2-3-4-9(17)14-10-7(5-15)13-8(6-16)11(18)12(10)19/h7-8,10-13,15-16,18-19H,2-6H2,1H3,(H,14,17)/t7-,8+,10-,11+,12+/m0/s1. The van der Waals surface area contributed by atoms with Gasteiger partial charge >= 0.3 is 0 Å². The van der Waals surface area contributed by atoms with Crippen molar-refractivity contribution in [2.24, 2.45) is 0 Å². The van der Waals surface area contributed by atoms with Crippen LogP contribution < -0.4 is 10.6 Å². The normalized spacial score (nSPS) is 35.1. The van der Waals surface area contributed by atoms with E-state index in [-0.39, 0.29) is 19.1 Å². The summed E-state index contributed by atoms with van der Waals surface area (Å²) in [6.07, 6.45) is -0.437. The molecule has 0 aromatic carbocycles. The molecule has 7 nitrogen and oxygen atoms in total. The number of hydrogen-bond donors (Lipinski definition) is 6. The number of rotatable bonds is 6. The lowest BCUT2D eigenvalue weighted by Crippen LogP contribution is -2.71. The van der Waals surface area contributed by atoms with Crippen molar-refractivity contribution in [2.45, 2.75) is 56.5 Å². The molecule has 0 saturated carbocycles. The molecule has 0 aromatic rings. The summed E-state index contributed by atoms with van der Waals surface area (Å²) in [5, 5.41) is 43.6. The number of unbranched alkanes of at least 4 members (excludes halogenated alkanes) is 1. The van der Waals surface area contributed by atoms with Crippen LogP contribution in [0.4, 0.5) is 0 Å². The summed E-state index contributed by atoms with van der Waals surface area (Å²) in [6.45, 7) is 1.31. The number of nitrogens with one attached hydrogen (secondary N) is 2. The van der Waals surface area contributed by atoms with Crippen LogP contribution in [0.5, 0.6) is 0 Å². The molecule has 1 aliphatic heterocycles. The number of aliphatic hydroxyl groups excluding tert-OH is 4. The predicted molar refractivity (Wildman–Crippen MR) is 68.4 cm³/mol.